The second kappa shape index (κ2) is 6.43. The molecule has 3 nitrogen and oxygen atoms in total. The molecule has 1 rings (SSSR count). The minimum absolute atomic E-state index is 0.0483. The fourth-order valence-electron chi connectivity index (χ4n) is 1.41. The van der Waals surface area contributed by atoms with Gasteiger partial charge in [-0.05, 0) is 37.7 Å². The number of amides is 1. The highest BCUT2D eigenvalue weighted by atomic mass is 35.5. The third-order valence-corrected chi connectivity index (χ3v) is 2.48. The maximum atomic E-state index is 10.5. The molecular formula is C11H15ClN2O. The summed E-state index contributed by atoms with van der Waals surface area (Å²) in [6.45, 7) is 0.855. The summed E-state index contributed by atoms with van der Waals surface area (Å²) in [7, 11) is 1.89. The lowest BCUT2D eigenvalue weighted by Crippen LogP contribution is -2.23. The quantitative estimate of drug-likeness (QED) is 0.726. The highest BCUT2D eigenvalue weighted by Crippen LogP contribution is 2.18. The molecule has 1 atom stereocenters. The molecule has 1 amide bonds. The molecule has 0 bridgehead atoms. The van der Waals surface area contributed by atoms with Gasteiger partial charge in [0.1, 0.15) is 0 Å². The van der Waals surface area contributed by atoms with E-state index in [1.54, 1.807) is 0 Å². The number of halogens is 1. The summed E-state index contributed by atoms with van der Waals surface area (Å²) in [6, 6.07) is 7.57. The molecule has 15 heavy (non-hydrogen) atoms. The first-order chi connectivity index (χ1) is 7.27. The first-order valence-corrected chi connectivity index (χ1v) is 5.25. The molecule has 0 spiro atoms. The largest absolute Gasteiger partial charge is 0.352 e. The molecule has 0 aromatic heterocycles. The van der Waals surface area contributed by atoms with Crippen LogP contribution in [0, 0.1) is 0 Å². The van der Waals surface area contributed by atoms with Gasteiger partial charge < -0.3 is 10.6 Å². The lowest BCUT2D eigenvalue weighted by Gasteiger charge is -2.16. The van der Waals surface area contributed by atoms with Crippen LogP contribution in [0.15, 0.2) is 24.3 Å². The van der Waals surface area contributed by atoms with E-state index in [0.29, 0.717) is 5.02 Å². The van der Waals surface area contributed by atoms with Crippen LogP contribution in [0.1, 0.15) is 18.0 Å². The smallest absolute Gasteiger partial charge is 0.207 e. The van der Waals surface area contributed by atoms with E-state index in [2.05, 4.69) is 10.6 Å². The van der Waals surface area contributed by atoms with Gasteiger partial charge in [0.15, 0.2) is 0 Å². The summed E-state index contributed by atoms with van der Waals surface area (Å²) in [5.74, 6) is 0. The van der Waals surface area contributed by atoms with Crippen LogP contribution in [-0.2, 0) is 4.79 Å². The molecule has 0 heterocycles. The molecule has 1 aromatic carbocycles. The maximum Gasteiger partial charge on any atom is 0.207 e. The number of benzene rings is 1. The van der Waals surface area contributed by atoms with Gasteiger partial charge in [-0.1, -0.05) is 23.7 Å². The maximum absolute atomic E-state index is 10.5. The number of rotatable bonds is 6. The van der Waals surface area contributed by atoms with E-state index in [1.807, 2.05) is 31.3 Å². The monoisotopic (exact) mass is 226 g/mol. The van der Waals surface area contributed by atoms with E-state index < -0.39 is 0 Å². The van der Waals surface area contributed by atoms with E-state index >= 15 is 0 Å². The number of carbonyl (C=O) groups is 1. The van der Waals surface area contributed by atoms with Crippen molar-refractivity contribution in [1.29, 1.82) is 0 Å². The summed E-state index contributed by atoms with van der Waals surface area (Å²) in [5.41, 5.74) is 1.07. The highest BCUT2D eigenvalue weighted by molar-refractivity contribution is 6.30. The van der Waals surface area contributed by atoms with Gasteiger partial charge in [-0.3, -0.25) is 4.79 Å². The molecule has 0 radical (unpaired) electrons. The fourth-order valence-corrected chi connectivity index (χ4v) is 1.54. The summed E-state index contributed by atoms with van der Waals surface area (Å²) in [4.78, 5) is 10.5. The Kier molecular flexibility index (Phi) is 5.15. The van der Waals surface area contributed by atoms with Crippen molar-refractivity contribution >= 4 is 18.0 Å². The first kappa shape index (κ1) is 12.0. The third-order valence-electron chi connectivity index (χ3n) is 2.22. The minimum Gasteiger partial charge on any atom is -0.352 e. The van der Waals surface area contributed by atoms with Gasteiger partial charge >= 0.3 is 0 Å². The van der Waals surface area contributed by atoms with Crippen LogP contribution in [0.4, 0.5) is 0 Å². The Bertz CT molecular complexity index is 300. The highest BCUT2D eigenvalue weighted by Gasteiger charge is 2.08. The Morgan fingerprint density at radius 3 is 2.60 bits per heavy atom. The molecule has 4 heteroatoms. The minimum atomic E-state index is 0.0483. The van der Waals surface area contributed by atoms with E-state index in [1.165, 1.54) is 0 Å². The zero-order valence-electron chi connectivity index (χ0n) is 8.66. The molecule has 0 aliphatic heterocycles. The molecule has 0 saturated carbocycles. The van der Waals surface area contributed by atoms with Gasteiger partial charge in [-0.25, -0.2) is 0 Å². The Labute approximate surface area is 94.8 Å². The second-order valence-corrected chi connectivity index (χ2v) is 3.72. The zero-order chi connectivity index (χ0) is 11.1. The van der Waals surface area contributed by atoms with E-state index in [9.17, 15) is 4.79 Å². The van der Waals surface area contributed by atoms with Crippen LogP contribution in [0.25, 0.3) is 0 Å². The van der Waals surface area contributed by atoms with Crippen molar-refractivity contribution in [2.45, 2.75) is 12.5 Å². The van der Waals surface area contributed by atoms with Gasteiger partial charge in [0.2, 0.25) is 6.41 Å². The Morgan fingerprint density at radius 1 is 1.40 bits per heavy atom. The van der Waals surface area contributed by atoms with E-state index in [-0.39, 0.29) is 6.04 Å². The molecule has 0 saturated heterocycles. The Morgan fingerprint density at radius 2 is 2.07 bits per heavy atom. The van der Waals surface area contributed by atoms with Crippen molar-refractivity contribution in [2.24, 2.45) is 0 Å². The van der Waals surface area contributed by atoms with Crippen LogP contribution >= 0.6 is 11.6 Å². The second-order valence-electron chi connectivity index (χ2n) is 3.28. The molecule has 0 fully saturated rings. The van der Waals surface area contributed by atoms with Gasteiger partial charge in [-0.2, -0.15) is 0 Å². The van der Waals surface area contributed by atoms with Crippen LogP contribution < -0.4 is 10.6 Å². The topological polar surface area (TPSA) is 41.1 Å². The van der Waals surface area contributed by atoms with Gasteiger partial charge in [-0.15, -0.1) is 0 Å². The van der Waals surface area contributed by atoms with Gasteiger partial charge in [0, 0.05) is 5.02 Å². The van der Waals surface area contributed by atoms with Crippen molar-refractivity contribution in [3.05, 3.63) is 34.9 Å². The van der Waals surface area contributed by atoms with Crippen LogP contribution in [0.2, 0.25) is 5.02 Å². The fraction of sp³-hybridized carbons (Fsp3) is 0.364. The van der Waals surface area contributed by atoms with E-state index in [0.717, 1.165) is 24.9 Å². The predicted molar refractivity (Wildman–Crippen MR) is 61.9 cm³/mol. The lowest BCUT2D eigenvalue weighted by molar-refractivity contribution is -0.110. The molecule has 0 aliphatic carbocycles. The van der Waals surface area contributed by atoms with Crippen LogP contribution in [-0.4, -0.2) is 20.0 Å². The van der Waals surface area contributed by atoms with E-state index in [4.69, 9.17) is 11.6 Å². The molecule has 82 valence electrons. The molecule has 1 aromatic rings. The molecular weight excluding hydrogens is 212 g/mol. The SMILES string of the molecule is CNCCC(NC=O)c1ccc(Cl)cc1. The van der Waals surface area contributed by atoms with Crippen LogP contribution in [0.5, 0.6) is 0 Å². The van der Waals surface area contributed by atoms with Crippen molar-refractivity contribution < 1.29 is 4.79 Å². The van der Waals surface area contributed by atoms with Gasteiger partial charge in [0.25, 0.3) is 0 Å². The van der Waals surface area contributed by atoms with Crippen molar-refractivity contribution in [1.82, 2.24) is 10.6 Å². The number of carbonyl (C=O) groups excluding carboxylic acids is 1. The zero-order valence-corrected chi connectivity index (χ0v) is 9.42. The average Bonchev–Trinajstić information content (AvgIpc) is 2.25. The third kappa shape index (κ3) is 3.90. The standard InChI is InChI=1S/C11H15ClN2O/c1-13-7-6-11(14-8-15)9-2-4-10(12)5-3-9/h2-5,8,11,13H,6-7H2,1H3,(H,14,15). The molecule has 0 aliphatic rings. The number of nitrogens with one attached hydrogen (secondary N) is 2. The summed E-state index contributed by atoms with van der Waals surface area (Å²) in [5, 5.41) is 6.55. The summed E-state index contributed by atoms with van der Waals surface area (Å²) in [6.07, 6.45) is 1.59. The van der Waals surface area contributed by atoms with Crippen molar-refractivity contribution in [3.63, 3.8) is 0 Å². The van der Waals surface area contributed by atoms with Crippen LogP contribution in [0.3, 0.4) is 0 Å². The Balaban J connectivity index is 2.69. The normalized spacial score (nSPS) is 12.1. The van der Waals surface area contributed by atoms with Gasteiger partial charge in [0.05, 0.1) is 6.04 Å². The summed E-state index contributed by atoms with van der Waals surface area (Å²) < 4.78 is 0. The number of hydrogen-bond donors (Lipinski definition) is 2. The average molecular weight is 227 g/mol. The number of hydrogen-bond acceptors (Lipinski definition) is 2. The summed E-state index contributed by atoms with van der Waals surface area (Å²) >= 11 is 5.80. The Hall–Kier alpha value is -1.06. The first-order valence-electron chi connectivity index (χ1n) is 4.87. The van der Waals surface area contributed by atoms with Crippen molar-refractivity contribution in [3.8, 4) is 0 Å². The molecule has 1 unspecified atom stereocenters. The molecule has 2 N–H and O–H groups in total. The lowest BCUT2D eigenvalue weighted by atomic mass is 10.0. The predicted octanol–water partition coefficient (Wildman–Crippen LogP) is 1.74. The van der Waals surface area contributed by atoms with Crippen molar-refractivity contribution in [2.75, 3.05) is 13.6 Å².